The van der Waals surface area contributed by atoms with Gasteiger partial charge in [-0.2, -0.15) is 43.9 Å². The van der Waals surface area contributed by atoms with Gasteiger partial charge in [0.2, 0.25) is 5.78 Å². The van der Waals surface area contributed by atoms with Crippen LogP contribution in [-0.2, 0) is 11.2 Å². The van der Waals surface area contributed by atoms with Crippen molar-refractivity contribution >= 4 is 23.1 Å². The minimum absolute atomic E-state index is 0.420. The molecule has 0 heterocycles. The van der Waals surface area contributed by atoms with E-state index in [4.69, 9.17) is 11.6 Å². The molecule has 1 fully saturated rings. The summed E-state index contributed by atoms with van der Waals surface area (Å²) >= 11 is 5.44. The van der Waals surface area contributed by atoms with Gasteiger partial charge < -0.3 is 5.11 Å². The van der Waals surface area contributed by atoms with Gasteiger partial charge in [-0.05, 0) is 23.3 Å². The summed E-state index contributed by atoms with van der Waals surface area (Å²) in [5, 5.41) is 11.6. The van der Waals surface area contributed by atoms with E-state index in [2.05, 4.69) is 0 Å². The maximum atomic E-state index is 14.8. The van der Waals surface area contributed by atoms with Gasteiger partial charge >= 0.3 is 35.3 Å². The molecule has 2 aliphatic rings. The molecule has 0 N–H and O–H groups in total. The number of alkyl halides is 11. The lowest BCUT2D eigenvalue weighted by Crippen LogP contribution is -2.85. The van der Waals surface area contributed by atoms with E-state index >= 15 is 0 Å². The predicted molar refractivity (Wildman–Crippen MR) is 75.6 cm³/mol. The topological polar surface area (TPSA) is 40.1 Å². The molecule has 1 saturated carbocycles. The predicted octanol–water partition coefficient (Wildman–Crippen LogP) is 4.57. The molecule has 2 aliphatic carbocycles. The molecule has 1 aromatic rings. The second kappa shape index (κ2) is 6.01. The molecular weight excluding hydrogens is 488 g/mol. The lowest BCUT2D eigenvalue weighted by Gasteiger charge is -2.51. The van der Waals surface area contributed by atoms with Gasteiger partial charge in [0, 0.05) is 17.0 Å². The molecule has 0 bridgehead atoms. The normalized spacial score (nSPS) is 26.5. The summed E-state index contributed by atoms with van der Waals surface area (Å²) in [6, 6.07) is 1.11. The molecular formula is C16H4ClF12O2-. The first-order valence-corrected chi connectivity index (χ1v) is 8.10. The van der Waals surface area contributed by atoms with Crippen LogP contribution in [-0.4, -0.2) is 41.1 Å². The van der Waals surface area contributed by atoms with Gasteiger partial charge in [0.15, 0.2) is 0 Å². The largest absolute Gasteiger partial charge is 0.872 e. The van der Waals surface area contributed by atoms with Crippen molar-refractivity contribution in [2.75, 3.05) is 0 Å². The molecule has 0 aliphatic heterocycles. The molecule has 0 atom stereocenters. The Labute approximate surface area is 168 Å². The Morgan fingerprint density at radius 3 is 1.68 bits per heavy atom. The van der Waals surface area contributed by atoms with E-state index in [1.54, 1.807) is 0 Å². The molecule has 172 valence electrons. The summed E-state index contributed by atoms with van der Waals surface area (Å²) in [6.45, 7) is 0. The summed E-state index contributed by atoms with van der Waals surface area (Å²) in [4.78, 5) is 12.2. The number of fused-ring (bicyclic) bond motifs is 1. The molecule has 0 unspecified atom stereocenters. The van der Waals surface area contributed by atoms with Gasteiger partial charge in [-0.1, -0.05) is 17.4 Å². The fraction of sp³-hybridized carbons (Fsp3) is 0.438. The molecule has 15 heteroatoms. The molecule has 3 rings (SSSR count). The second-order valence-electron chi connectivity index (χ2n) is 6.77. The first-order valence-electron chi connectivity index (χ1n) is 7.73. The number of ketones is 1. The Balaban J connectivity index is 2.28. The zero-order chi connectivity index (χ0) is 24.2. The lowest BCUT2D eigenvalue weighted by atomic mass is 9.69. The number of benzene rings is 1. The number of carbonyl (C=O) groups excluding carboxylic acids is 1. The Morgan fingerprint density at radius 2 is 1.23 bits per heavy atom. The van der Waals surface area contributed by atoms with Gasteiger partial charge in [-0.3, -0.25) is 4.79 Å². The van der Waals surface area contributed by atoms with E-state index in [0.29, 0.717) is 12.1 Å². The van der Waals surface area contributed by atoms with Crippen LogP contribution in [0.5, 0.6) is 0 Å². The second-order valence-corrected chi connectivity index (χ2v) is 7.20. The standard InChI is InChI=1S/C16H5ClF12O2/c17-5-1-4-2-6(9(30)8(4)7(18)3-5)10(31)11(19)12(20,21)14(24,25)16(28,29)15(26,27)13(11,22)23/h1,3,30H,2H2/p-1. The molecule has 0 saturated heterocycles. The van der Waals surface area contributed by atoms with Gasteiger partial charge in [-0.15, -0.1) is 0 Å². The molecule has 31 heavy (non-hydrogen) atoms. The van der Waals surface area contributed by atoms with Crippen molar-refractivity contribution in [1.29, 1.82) is 0 Å². The average molecular weight is 492 g/mol. The third-order valence-electron chi connectivity index (χ3n) is 5.03. The monoisotopic (exact) mass is 491 g/mol. The summed E-state index contributed by atoms with van der Waals surface area (Å²) in [5.74, 6) is -44.6. The quantitative estimate of drug-likeness (QED) is 0.569. The van der Waals surface area contributed by atoms with Crippen molar-refractivity contribution in [2.24, 2.45) is 0 Å². The maximum absolute atomic E-state index is 14.8. The van der Waals surface area contributed by atoms with Crippen molar-refractivity contribution in [2.45, 2.75) is 41.7 Å². The maximum Gasteiger partial charge on any atom is 0.384 e. The molecule has 1 aromatic carbocycles. The van der Waals surface area contributed by atoms with Gasteiger partial charge in [0.25, 0.3) is 0 Å². The zero-order valence-corrected chi connectivity index (χ0v) is 14.8. The van der Waals surface area contributed by atoms with Crippen molar-refractivity contribution in [3.63, 3.8) is 0 Å². The SMILES string of the molecule is O=C(C1=C([O-])c2c(F)cc(Cl)cc2C1)C1(F)C(F)(F)C(F)(F)C(F)(F)C(F)(F)C1(F)F. The van der Waals surface area contributed by atoms with Gasteiger partial charge in [0.05, 0.1) is 0 Å². The molecule has 0 aromatic heterocycles. The van der Waals surface area contributed by atoms with Crippen LogP contribution in [0.4, 0.5) is 52.7 Å². The Kier molecular flexibility index (Phi) is 4.57. The highest BCUT2D eigenvalue weighted by molar-refractivity contribution is 6.30. The minimum atomic E-state index is -7.50. The summed E-state index contributed by atoms with van der Waals surface area (Å²) in [6.07, 6.45) is -1.45. The van der Waals surface area contributed by atoms with Crippen LogP contribution < -0.4 is 5.11 Å². The van der Waals surface area contributed by atoms with Crippen molar-refractivity contribution in [3.8, 4) is 0 Å². The number of carbonyl (C=O) groups is 1. The smallest absolute Gasteiger partial charge is 0.384 e. The Hall–Kier alpha value is -2.12. The zero-order valence-electron chi connectivity index (χ0n) is 14.1. The molecule has 0 amide bonds. The van der Waals surface area contributed by atoms with E-state index in [0.717, 1.165) is 0 Å². The van der Waals surface area contributed by atoms with Crippen LogP contribution in [0.25, 0.3) is 5.76 Å². The van der Waals surface area contributed by atoms with Crippen LogP contribution in [0.1, 0.15) is 11.1 Å². The molecule has 0 spiro atoms. The minimum Gasteiger partial charge on any atom is -0.872 e. The van der Waals surface area contributed by atoms with E-state index in [1.807, 2.05) is 0 Å². The van der Waals surface area contributed by atoms with Gasteiger partial charge in [-0.25, -0.2) is 8.78 Å². The fourth-order valence-corrected chi connectivity index (χ4v) is 3.57. The van der Waals surface area contributed by atoms with Crippen LogP contribution in [0, 0.1) is 5.82 Å². The third-order valence-corrected chi connectivity index (χ3v) is 5.25. The van der Waals surface area contributed by atoms with E-state index in [1.165, 1.54) is 0 Å². The van der Waals surface area contributed by atoms with E-state index in [-0.39, 0.29) is 0 Å². The highest BCUT2D eigenvalue weighted by atomic mass is 35.5. The number of hydrogen-bond donors (Lipinski definition) is 0. The average Bonchev–Trinajstić information content (AvgIpc) is 2.94. The highest BCUT2D eigenvalue weighted by Gasteiger charge is 3.02. The number of Topliss-reactive ketones (excluding diaryl/α,β-unsaturated/α-hetero) is 1. The van der Waals surface area contributed by atoms with Crippen LogP contribution in [0.3, 0.4) is 0 Å². The van der Waals surface area contributed by atoms with E-state index < -0.39 is 80.8 Å². The highest BCUT2D eigenvalue weighted by Crippen LogP contribution is 2.70. The Morgan fingerprint density at radius 1 is 0.806 bits per heavy atom. The fourth-order valence-electron chi connectivity index (χ4n) is 3.34. The summed E-state index contributed by atoms with van der Waals surface area (Å²) in [5.41, 5.74) is -10.9. The van der Waals surface area contributed by atoms with Crippen molar-refractivity contribution < 1.29 is 62.6 Å². The number of hydrogen-bond acceptors (Lipinski definition) is 2. The first-order chi connectivity index (χ1) is 13.7. The summed E-state index contributed by atoms with van der Waals surface area (Å²) < 4.78 is 165. The number of rotatable bonds is 2. The number of allylic oxidation sites excluding steroid dienone is 1. The van der Waals surface area contributed by atoms with Gasteiger partial charge in [0.1, 0.15) is 5.82 Å². The molecule has 2 nitrogen and oxygen atoms in total. The van der Waals surface area contributed by atoms with Crippen LogP contribution in [0.2, 0.25) is 5.02 Å². The first kappa shape index (κ1) is 23.5. The van der Waals surface area contributed by atoms with Crippen molar-refractivity contribution in [1.82, 2.24) is 0 Å². The summed E-state index contributed by atoms with van der Waals surface area (Å²) in [7, 11) is 0. The lowest BCUT2D eigenvalue weighted by molar-refractivity contribution is -0.475. The Bertz CT molecular complexity index is 1000. The molecule has 0 radical (unpaired) electrons. The number of halogens is 13. The van der Waals surface area contributed by atoms with Crippen LogP contribution in [0.15, 0.2) is 17.7 Å². The van der Waals surface area contributed by atoms with E-state index in [9.17, 15) is 62.6 Å². The van der Waals surface area contributed by atoms with Crippen molar-refractivity contribution in [3.05, 3.63) is 39.7 Å². The van der Waals surface area contributed by atoms with Crippen LogP contribution >= 0.6 is 11.6 Å². The third kappa shape index (κ3) is 2.31.